The molecular weight excluding hydrogens is 416 g/mol. The van der Waals surface area contributed by atoms with Crippen molar-refractivity contribution in [1.29, 1.82) is 0 Å². The summed E-state index contributed by atoms with van der Waals surface area (Å²) in [6.45, 7) is 3.56. The SMILES string of the molecule is Cc1ccc(C(=O)NCC(=O)N2CCN(c3ncnc4c3cnn4C)CC2)cc1[N+](=O)[O-]. The molecule has 166 valence electrons. The van der Waals surface area contributed by atoms with Crippen LogP contribution in [-0.4, -0.2) is 74.1 Å². The molecule has 1 saturated heterocycles. The second kappa shape index (κ2) is 8.57. The maximum atomic E-state index is 12.6. The van der Waals surface area contributed by atoms with E-state index in [9.17, 15) is 19.7 Å². The van der Waals surface area contributed by atoms with Gasteiger partial charge in [0.1, 0.15) is 12.1 Å². The minimum absolute atomic E-state index is 0.132. The van der Waals surface area contributed by atoms with Gasteiger partial charge in [-0.1, -0.05) is 6.07 Å². The van der Waals surface area contributed by atoms with Crippen LogP contribution in [0.5, 0.6) is 0 Å². The van der Waals surface area contributed by atoms with E-state index in [4.69, 9.17) is 0 Å². The van der Waals surface area contributed by atoms with E-state index in [1.54, 1.807) is 22.7 Å². The lowest BCUT2D eigenvalue weighted by molar-refractivity contribution is -0.385. The first-order valence-corrected chi connectivity index (χ1v) is 10.0. The highest BCUT2D eigenvalue weighted by Crippen LogP contribution is 2.23. The van der Waals surface area contributed by atoms with Crippen molar-refractivity contribution in [3.05, 3.63) is 52.0 Å². The monoisotopic (exact) mass is 438 g/mol. The third-order valence-electron chi connectivity index (χ3n) is 5.51. The van der Waals surface area contributed by atoms with Crippen LogP contribution in [-0.2, 0) is 11.8 Å². The molecular formula is C20H22N8O4. The minimum atomic E-state index is -0.534. The van der Waals surface area contributed by atoms with Crippen molar-refractivity contribution in [2.45, 2.75) is 6.92 Å². The number of piperazine rings is 1. The van der Waals surface area contributed by atoms with Gasteiger partial charge in [0, 0.05) is 50.4 Å². The number of nitrogens with one attached hydrogen (secondary N) is 1. The fraction of sp³-hybridized carbons (Fsp3) is 0.350. The molecule has 0 spiro atoms. The average molecular weight is 438 g/mol. The van der Waals surface area contributed by atoms with E-state index in [1.807, 2.05) is 7.05 Å². The number of nitro benzene ring substituents is 1. The van der Waals surface area contributed by atoms with Crippen molar-refractivity contribution in [2.75, 3.05) is 37.6 Å². The van der Waals surface area contributed by atoms with Gasteiger partial charge in [-0.3, -0.25) is 24.4 Å². The number of anilines is 1. The highest BCUT2D eigenvalue weighted by atomic mass is 16.6. The maximum Gasteiger partial charge on any atom is 0.273 e. The van der Waals surface area contributed by atoms with E-state index in [0.717, 1.165) is 16.9 Å². The van der Waals surface area contributed by atoms with E-state index in [1.165, 1.54) is 24.5 Å². The number of nitrogens with zero attached hydrogens (tertiary/aromatic N) is 7. The maximum absolute atomic E-state index is 12.6. The highest BCUT2D eigenvalue weighted by Gasteiger charge is 2.24. The van der Waals surface area contributed by atoms with Crippen molar-refractivity contribution < 1.29 is 14.5 Å². The van der Waals surface area contributed by atoms with Crippen molar-refractivity contribution >= 4 is 34.4 Å². The summed E-state index contributed by atoms with van der Waals surface area (Å²) in [7, 11) is 1.82. The van der Waals surface area contributed by atoms with E-state index >= 15 is 0 Å². The smallest absolute Gasteiger partial charge is 0.273 e. The molecule has 1 aromatic carbocycles. The number of aromatic nitrogens is 4. The fourth-order valence-corrected chi connectivity index (χ4v) is 3.69. The standard InChI is InChI=1S/C20H22N8O4/c1-13-3-4-14(9-16(13)28(31)32)20(30)21-11-17(29)26-5-7-27(8-6-26)19-15-10-24-25(2)18(15)22-12-23-19/h3-4,9-10,12H,5-8,11H2,1-2H3,(H,21,30). The van der Waals surface area contributed by atoms with Gasteiger partial charge in [0.2, 0.25) is 5.91 Å². The number of rotatable bonds is 5. The predicted molar refractivity (Wildman–Crippen MR) is 115 cm³/mol. The molecule has 1 fully saturated rings. The summed E-state index contributed by atoms with van der Waals surface area (Å²) in [5, 5.41) is 18.7. The number of hydrogen-bond acceptors (Lipinski definition) is 8. The first kappa shape index (κ1) is 21.2. The van der Waals surface area contributed by atoms with E-state index in [0.29, 0.717) is 31.7 Å². The Balaban J connectivity index is 1.33. The van der Waals surface area contributed by atoms with Gasteiger partial charge in [0.15, 0.2) is 5.65 Å². The second-order valence-electron chi connectivity index (χ2n) is 7.51. The molecule has 4 rings (SSSR count). The number of aryl methyl sites for hydroxylation is 2. The number of nitro groups is 1. The molecule has 2 aromatic heterocycles. The lowest BCUT2D eigenvalue weighted by Crippen LogP contribution is -2.51. The molecule has 0 radical (unpaired) electrons. The van der Waals surface area contributed by atoms with Crippen LogP contribution in [0.4, 0.5) is 11.5 Å². The Bertz CT molecular complexity index is 1200. The Kier molecular flexibility index (Phi) is 5.67. The summed E-state index contributed by atoms with van der Waals surface area (Å²) in [5.74, 6) is 0.0401. The second-order valence-corrected chi connectivity index (χ2v) is 7.51. The number of hydrogen-bond donors (Lipinski definition) is 1. The van der Waals surface area contributed by atoms with Crippen LogP contribution in [0.1, 0.15) is 15.9 Å². The Morgan fingerprint density at radius 1 is 1.19 bits per heavy atom. The Labute approximate surface area is 183 Å². The minimum Gasteiger partial charge on any atom is -0.352 e. The zero-order valence-electron chi connectivity index (χ0n) is 17.7. The third-order valence-corrected chi connectivity index (χ3v) is 5.51. The zero-order valence-corrected chi connectivity index (χ0v) is 17.7. The average Bonchev–Trinajstić information content (AvgIpc) is 3.18. The van der Waals surface area contributed by atoms with Crippen molar-refractivity contribution in [1.82, 2.24) is 30.0 Å². The van der Waals surface area contributed by atoms with Crippen molar-refractivity contribution in [2.24, 2.45) is 7.05 Å². The van der Waals surface area contributed by atoms with Gasteiger partial charge < -0.3 is 15.1 Å². The predicted octanol–water partition coefficient (Wildman–Crippen LogP) is 0.659. The molecule has 1 aliphatic heterocycles. The Hall–Kier alpha value is -4.09. The van der Waals surface area contributed by atoms with Gasteiger partial charge in [0.25, 0.3) is 11.6 Å². The summed E-state index contributed by atoms with van der Waals surface area (Å²) in [6.07, 6.45) is 3.23. The Morgan fingerprint density at radius 2 is 1.94 bits per heavy atom. The van der Waals surface area contributed by atoms with E-state index < -0.39 is 10.8 Å². The number of carbonyl (C=O) groups is 2. The topological polar surface area (TPSA) is 139 Å². The molecule has 12 nitrogen and oxygen atoms in total. The van der Waals surface area contributed by atoms with E-state index in [-0.39, 0.29) is 23.7 Å². The molecule has 12 heteroatoms. The van der Waals surface area contributed by atoms with Crippen LogP contribution in [0.3, 0.4) is 0 Å². The molecule has 1 N–H and O–H groups in total. The van der Waals surface area contributed by atoms with Gasteiger partial charge in [-0.25, -0.2) is 9.97 Å². The summed E-state index contributed by atoms with van der Waals surface area (Å²) in [4.78, 5) is 47.8. The molecule has 3 aromatic rings. The molecule has 0 atom stereocenters. The summed E-state index contributed by atoms with van der Waals surface area (Å²) in [5.41, 5.74) is 1.22. The van der Waals surface area contributed by atoms with Crippen LogP contribution >= 0.6 is 0 Å². The fourth-order valence-electron chi connectivity index (χ4n) is 3.69. The molecule has 0 bridgehead atoms. The molecule has 3 heterocycles. The molecule has 1 aliphatic rings. The quantitative estimate of drug-likeness (QED) is 0.453. The van der Waals surface area contributed by atoms with Crippen LogP contribution in [0, 0.1) is 17.0 Å². The first-order chi connectivity index (χ1) is 15.3. The van der Waals surface area contributed by atoms with Gasteiger partial charge >= 0.3 is 0 Å². The molecule has 0 aliphatic carbocycles. The number of carbonyl (C=O) groups excluding carboxylic acids is 2. The van der Waals surface area contributed by atoms with Gasteiger partial charge in [0.05, 0.1) is 23.1 Å². The van der Waals surface area contributed by atoms with E-state index in [2.05, 4.69) is 25.3 Å². The lowest BCUT2D eigenvalue weighted by atomic mass is 10.1. The largest absolute Gasteiger partial charge is 0.352 e. The van der Waals surface area contributed by atoms with Crippen molar-refractivity contribution in [3.63, 3.8) is 0 Å². The van der Waals surface area contributed by atoms with Crippen molar-refractivity contribution in [3.8, 4) is 0 Å². The summed E-state index contributed by atoms with van der Waals surface area (Å²) < 4.78 is 1.69. The van der Waals surface area contributed by atoms with Gasteiger partial charge in [-0.15, -0.1) is 0 Å². The molecule has 0 saturated carbocycles. The number of benzene rings is 1. The first-order valence-electron chi connectivity index (χ1n) is 10.0. The Morgan fingerprint density at radius 3 is 2.66 bits per heavy atom. The van der Waals surface area contributed by atoms with Crippen LogP contribution in [0.2, 0.25) is 0 Å². The molecule has 0 unspecified atom stereocenters. The summed E-state index contributed by atoms with van der Waals surface area (Å²) in [6, 6.07) is 4.23. The van der Waals surface area contributed by atoms with Crippen LogP contribution in [0.15, 0.2) is 30.7 Å². The molecule has 32 heavy (non-hydrogen) atoms. The third kappa shape index (κ3) is 4.06. The summed E-state index contributed by atoms with van der Waals surface area (Å²) >= 11 is 0. The zero-order chi connectivity index (χ0) is 22.8. The van der Waals surface area contributed by atoms with Crippen LogP contribution in [0.25, 0.3) is 11.0 Å². The molecule has 2 amide bonds. The van der Waals surface area contributed by atoms with Crippen LogP contribution < -0.4 is 10.2 Å². The number of amides is 2. The highest BCUT2D eigenvalue weighted by molar-refractivity contribution is 5.97. The normalized spacial score (nSPS) is 13.9. The van der Waals surface area contributed by atoms with Gasteiger partial charge in [-0.05, 0) is 13.0 Å². The number of fused-ring (bicyclic) bond motifs is 1. The van der Waals surface area contributed by atoms with Gasteiger partial charge in [-0.2, -0.15) is 5.10 Å². The lowest BCUT2D eigenvalue weighted by Gasteiger charge is -2.35.